The van der Waals surface area contributed by atoms with Crippen molar-refractivity contribution in [3.8, 4) is 44.6 Å². The zero-order valence-corrected chi connectivity index (χ0v) is 25.4. The minimum absolute atomic E-state index is 0.0172. The van der Waals surface area contributed by atoms with Gasteiger partial charge in [-0.1, -0.05) is 121 Å². The summed E-state index contributed by atoms with van der Waals surface area (Å²) in [5, 5.41) is -1.03. The minimum atomic E-state index is -0.803. The number of hydrogen-bond acceptors (Lipinski definition) is 5. The number of hydrogen-bond donors (Lipinski definition) is 0. The average molecular weight is 677 g/mol. The largest absolute Gasteiger partial charge is 0.455 e. The molecule has 0 saturated carbocycles. The van der Waals surface area contributed by atoms with Gasteiger partial charge in [0, 0.05) is 49.2 Å². The predicted octanol–water partition coefficient (Wildman–Crippen LogP) is 12.8. The lowest BCUT2D eigenvalue weighted by molar-refractivity contribution is 0.668. The lowest BCUT2D eigenvalue weighted by Gasteiger charge is -2.07. The Balaban J connectivity index is 1.18. The highest BCUT2D eigenvalue weighted by atomic mass is 16.3. The Morgan fingerprint density at radius 1 is 0.412 bits per heavy atom. The van der Waals surface area contributed by atoms with Crippen LogP contribution in [0, 0.1) is 0 Å². The van der Waals surface area contributed by atoms with E-state index >= 15 is 0 Å². The first-order chi connectivity index (χ1) is 34.5. The molecule has 0 saturated heterocycles. The summed E-state index contributed by atoms with van der Waals surface area (Å²) in [5.74, 6) is 0. The summed E-state index contributed by atoms with van der Waals surface area (Å²) in [7, 11) is 0. The van der Waals surface area contributed by atoms with E-state index < -0.39 is 183 Å². The predicted molar refractivity (Wildman–Crippen MR) is 206 cm³/mol. The monoisotopic (exact) mass is 676 g/mol. The van der Waals surface area contributed by atoms with Gasteiger partial charge in [-0.05, 0) is 46.9 Å². The van der Waals surface area contributed by atoms with Crippen molar-refractivity contribution in [2.24, 2.45) is 0 Å². The molecule has 5 nitrogen and oxygen atoms in total. The van der Waals surface area contributed by atoms with Gasteiger partial charge in [0.15, 0.2) is 5.58 Å². The number of furan rings is 3. The van der Waals surface area contributed by atoms with Gasteiger partial charge in [-0.15, -0.1) is 0 Å². The summed E-state index contributed by atoms with van der Waals surface area (Å²) in [6.07, 6.45) is 1.05. The molecule has 5 heteroatoms. The number of nitrogens with zero attached hydrogens (tertiary/aromatic N) is 2. The van der Waals surface area contributed by atoms with E-state index in [0.717, 1.165) is 6.33 Å². The number of rotatable bonds is 4. The first-order valence-electron chi connectivity index (χ1n) is 26.2. The molecule has 0 amide bonds. The first-order valence-corrected chi connectivity index (χ1v) is 15.2. The van der Waals surface area contributed by atoms with Crippen molar-refractivity contribution in [1.29, 1.82) is 0 Å². The molecule has 0 fully saturated rings. The van der Waals surface area contributed by atoms with Crippen molar-refractivity contribution >= 4 is 65.9 Å². The van der Waals surface area contributed by atoms with E-state index in [4.69, 9.17) is 40.7 Å². The lowest BCUT2D eigenvalue weighted by atomic mass is 9.97. The minimum Gasteiger partial charge on any atom is -0.455 e. The molecule has 0 N–H and O–H groups in total. The molecule has 4 aromatic heterocycles. The van der Waals surface area contributed by atoms with E-state index in [9.17, 15) is 2.74 Å². The van der Waals surface area contributed by atoms with Crippen LogP contribution in [0.15, 0.2) is 171 Å². The molecule has 0 aliphatic heterocycles. The summed E-state index contributed by atoms with van der Waals surface area (Å²) in [6, 6.07) is -11.0. The van der Waals surface area contributed by atoms with E-state index in [-0.39, 0.29) is 60.4 Å². The Bertz CT molecular complexity index is 4150. The molecule has 51 heavy (non-hydrogen) atoms. The van der Waals surface area contributed by atoms with Crippen LogP contribution in [0.4, 0.5) is 0 Å². The second-order valence-corrected chi connectivity index (χ2v) is 11.2. The maximum atomic E-state index is 9.62. The van der Waals surface area contributed by atoms with Gasteiger partial charge in [0.2, 0.25) is 0 Å². The maximum absolute atomic E-state index is 9.62. The van der Waals surface area contributed by atoms with Crippen molar-refractivity contribution in [3.05, 3.63) is 157 Å². The summed E-state index contributed by atoms with van der Waals surface area (Å²) in [5.41, 5.74) is -5.35. The third-order valence-corrected chi connectivity index (χ3v) is 8.41. The van der Waals surface area contributed by atoms with E-state index in [1.807, 2.05) is 0 Å². The Hall–Kier alpha value is -6.98. The quantitative estimate of drug-likeness (QED) is 0.186. The highest BCUT2D eigenvalue weighted by molar-refractivity contribution is 6.13. The fourth-order valence-corrected chi connectivity index (χ4v) is 6.17. The van der Waals surface area contributed by atoms with Gasteiger partial charge in [-0.3, -0.25) is 0 Å². The zero-order chi connectivity index (χ0) is 52.6. The molecule has 238 valence electrons. The second kappa shape index (κ2) is 10.8. The highest BCUT2D eigenvalue weighted by Crippen LogP contribution is 2.42. The third-order valence-electron chi connectivity index (χ3n) is 8.41. The standard InChI is InChI=1S/C46H26N2O3/c1-3-22-39-34(14-1)36-19-7-16-31(43(36)49-39)27-10-5-11-28(24-27)33-18-9-21-38-42-46(51-45(33)38)41(47-26-48-42)30-13-6-12-29(25-30)32-17-8-20-37-35-15-2-4-23-40(35)50-44(32)37/h1-26H/i1D,2D,3D,4D,5D,6D,7D,8D,10D,11D,12D,13D,14D,15D,16D,17D,19D,20D,22D,23D,24D,25D. The summed E-state index contributed by atoms with van der Waals surface area (Å²) in [6.45, 7) is 0. The number of para-hydroxylation sites is 5. The van der Waals surface area contributed by atoms with Gasteiger partial charge in [0.1, 0.15) is 45.5 Å². The molecule has 11 rings (SSSR count). The molecule has 7 aromatic carbocycles. The van der Waals surface area contributed by atoms with Crippen molar-refractivity contribution in [3.63, 3.8) is 0 Å². The average Bonchev–Trinajstić information content (AvgIpc) is 4.09. The van der Waals surface area contributed by atoms with E-state index in [0.29, 0.717) is 0 Å². The number of fused-ring (bicyclic) bond motifs is 9. The molecule has 0 unspecified atom stereocenters. The topological polar surface area (TPSA) is 65.2 Å². The molecule has 0 aliphatic carbocycles. The highest BCUT2D eigenvalue weighted by Gasteiger charge is 2.20. The van der Waals surface area contributed by atoms with Crippen molar-refractivity contribution < 1.29 is 43.4 Å². The fourth-order valence-electron chi connectivity index (χ4n) is 6.17. The van der Waals surface area contributed by atoms with E-state index in [1.165, 1.54) is 18.2 Å². The van der Waals surface area contributed by atoms with Crippen LogP contribution in [-0.2, 0) is 0 Å². The SMILES string of the molecule is [2H]c1c([2H])c(-c2cccc3c2oc2c(-c4c([2H])c([2H])c([2H])c(-c5c([2H])c([2H])c([2H])c6c5oc5c([2H])c([2H])c([2H])c([2H])c56)c4[2H])ncnc23)c([2H])c(-c2c([2H])c([2H])c([2H])c3c2oc2c([2H])c([2H])c([2H])c([2H])c23)c1[2H]. The van der Waals surface area contributed by atoms with Crippen LogP contribution in [-0.4, -0.2) is 9.97 Å². The summed E-state index contributed by atoms with van der Waals surface area (Å²) < 4.78 is 212. The number of benzene rings is 7. The molecule has 11 aromatic rings. The summed E-state index contributed by atoms with van der Waals surface area (Å²) in [4.78, 5) is 8.74. The maximum Gasteiger partial charge on any atom is 0.180 e. The Kier molecular flexibility index (Phi) is 2.97. The van der Waals surface area contributed by atoms with Gasteiger partial charge >= 0.3 is 0 Å². The van der Waals surface area contributed by atoms with Crippen LogP contribution in [0.5, 0.6) is 0 Å². The molecule has 0 spiro atoms. The Morgan fingerprint density at radius 2 is 0.941 bits per heavy atom. The summed E-state index contributed by atoms with van der Waals surface area (Å²) >= 11 is 0. The smallest absolute Gasteiger partial charge is 0.180 e. The van der Waals surface area contributed by atoms with Gasteiger partial charge < -0.3 is 13.3 Å². The van der Waals surface area contributed by atoms with Crippen molar-refractivity contribution in [2.75, 3.05) is 0 Å². The normalized spacial score (nSPS) is 18.0. The molecule has 0 radical (unpaired) electrons. The Labute approximate surface area is 321 Å². The van der Waals surface area contributed by atoms with Crippen LogP contribution in [0.1, 0.15) is 30.2 Å². The Morgan fingerprint density at radius 3 is 1.61 bits per heavy atom. The zero-order valence-electron chi connectivity index (χ0n) is 47.4. The van der Waals surface area contributed by atoms with Crippen LogP contribution in [0.3, 0.4) is 0 Å². The third kappa shape index (κ3) is 4.22. The molecule has 0 bridgehead atoms. The number of aromatic nitrogens is 2. The van der Waals surface area contributed by atoms with Crippen LogP contribution in [0.25, 0.3) is 111 Å². The molecular formula is C46H26N2O3. The van der Waals surface area contributed by atoms with Crippen molar-refractivity contribution in [2.45, 2.75) is 0 Å². The molecule has 0 aliphatic rings. The molecule has 4 heterocycles. The lowest BCUT2D eigenvalue weighted by Crippen LogP contribution is -1.88. The molecule has 0 atom stereocenters. The fraction of sp³-hybridized carbons (Fsp3) is 0. The van der Waals surface area contributed by atoms with Gasteiger partial charge in [0.05, 0.1) is 30.2 Å². The molecular weight excluding hydrogens is 629 g/mol. The van der Waals surface area contributed by atoms with E-state index in [2.05, 4.69) is 9.97 Å². The van der Waals surface area contributed by atoms with E-state index in [1.54, 1.807) is 0 Å². The van der Waals surface area contributed by atoms with Gasteiger partial charge in [0.25, 0.3) is 0 Å². The second-order valence-electron chi connectivity index (χ2n) is 11.2. The van der Waals surface area contributed by atoms with Gasteiger partial charge in [-0.2, -0.15) is 0 Å². The van der Waals surface area contributed by atoms with Crippen LogP contribution < -0.4 is 0 Å². The van der Waals surface area contributed by atoms with Crippen LogP contribution in [0.2, 0.25) is 0 Å². The first kappa shape index (κ1) is 14.1. The van der Waals surface area contributed by atoms with Crippen LogP contribution >= 0.6 is 0 Å². The van der Waals surface area contributed by atoms with Gasteiger partial charge in [-0.25, -0.2) is 9.97 Å². The van der Waals surface area contributed by atoms with Crippen molar-refractivity contribution in [1.82, 2.24) is 9.97 Å².